The van der Waals surface area contributed by atoms with Crippen LogP contribution in [0.5, 0.6) is 0 Å². The van der Waals surface area contributed by atoms with Crippen molar-refractivity contribution in [3.05, 3.63) is 16.5 Å². The second-order valence-corrected chi connectivity index (χ2v) is 5.29. The Morgan fingerprint density at radius 2 is 2.33 bits per heavy atom. The zero-order valence-electron chi connectivity index (χ0n) is 8.04. The number of nitrogens with zero attached hydrogens (tertiary/aromatic N) is 2. The molecule has 6 heteroatoms. The molecule has 0 aromatic carbocycles. The van der Waals surface area contributed by atoms with Gasteiger partial charge in [0.2, 0.25) is 5.28 Å². The van der Waals surface area contributed by atoms with Crippen LogP contribution in [0.1, 0.15) is 12.8 Å². The molecule has 15 heavy (non-hydrogen) atoms. The van der Waals surface area contributed by atoms with Crippen molar-refractivity contribution in [2.24, 2.45) is 0 Å². The highest BCUT2D eigenvalue weighted by atomic mass is 35.5. The summed E-state index contributed by atoms with van der Waals surface area (Å²) in [5, 5.41) is 4.05. The van der Waals surface area contributed by atoms with Gasteiger partial charge in [0.1, 0.15) is 10.8 Å². The smallest absolute Gasteiger partial charge is 0.224 e. The van der Waals surface area contributed by atoms with Crippen LogP contribution in [0.3, 0.4) is 0 Å². The maximum Gasteiger partial charge on any atom is 0.224 e. The molecule has 1 aromatic rings. The van der Waals surface area contributed by atoms with Gasteiger partial charge >= 0.3 is 0 Å². The lowest BCUT2D eigenvalue weighted by atomic mass is 10.2. The number of halogens is 2. The summed E-state index contributed by atoms with van der Waals surface area (Å²) in [4.78, 5) is 7.88. The average Bonchev–Trinajstić information content (AvgIpc) is 2.25. The fourth-order valence-corrected chi connectivity index (χ4v) is 2.85. The Bertz CT molecular complexity index is 342. The van der Waals surface area contributed by atoms with Crippen LogP contribution in [0, 0.1) is 0 Å². The molecule has 2 heterocycles. The van der Waals surface area contributed by atoms with E-state index >= 15 is 0 Å². The second-order valence-electron chi connectivity index (χ2n) is 3.39. The topological polar surface area (TPSA) is 37.8 Å². The van der Waals surface area contributed by atoms with E-state index in [4.69, 9.17) is 23.2 Å². The molecule has 0 amide bonds. The van der Waals surface area contributed by atoms with E-state index in [0.29, 0.717) is 16.9 Å². The van der Waals surface area contributed by atoms with Crippen molar-refractivity contribution in [1.82, 2.24) is 9.97 Å². The summed E-state index contributed by atoms with van der Waals surface area (Å²) in [5.41, 5.74) is 0. The third-order valence-electron chi connectivity index (χ3n) is 2.22. The maximum absolute atomic E-state index is 5.96. The Morgan fingerprint density at radius 3 is 3.07 bits per heavy atom. The van der Waals surface area contributed by atoms with Gasteiger partial charge in [0.05, 0.1) is 6.20 Å². The standard InChI is InChI=1S/C9H11Cl2N3S/c10-7-4-12-9(11)14-8(7)13-6-2-1-3-15-5-6/h4,6H,1-3,5H2,(H,12,13,14). The van der Waals surface area contributed by atoms with Gasteiger partial charge in [0.15, 0.2) is 0 Å². The molecular weight excluding hydrogens is 253 g/mol. The van der Waals surface area contributed by atoms with Gasteiger partial charge in [-0.15, -0.1) is 0 Å². The van der Waals surface area contributed by atoms with Gasteiger partial charge < -0.3 is 5.32 Å². The first kappa shape index (κ1) is 11.3. The highest BCUT2D eigenvalue weighted by Gasteiger charge is 2.15. The fraction of sp³-hybridized carbons (Fsp3) is 0.556. The normalized spacial score (nSPS) is 21.3. The SMILES string of the molecule is Clc1ncc(Cl)c(NC2CCCSC2)n1. The first-order chi connectivity index (χ1) is 7.25. The van der Waals surface area contributed by atoms with E-state index in [1.54, 1.807) is 0 Å². The van der Waals surface area contributed by atoms with Gasteiger partial charge in [-0.2, -0.15) is 16.7 Å². The van der Waals surface area contributed by atoms with E-state index in [1.807, 2.05) is 11.8 Å². The highest BCUT2D eigenvalue weighted by molar-refractivity contribution is 7.99. The van der Waals surface area contributed by atoms with Gasteiger partial charge in [0, 0.05) is 11.8 Å². The predicted molar refractivity (Wildman–Crippen MR) is 66.0 cm³/mol. The molecule has 0 bridgehead atoms. The summed E-state index contributed by atoms with van der Waals surface area (Å²) in [7, 11) is 0. The van der Waals surface area contributed by atoms with E-state index in [-0.39, 0.29) is 5.28 Å². The lowest BCUT2D eigenvalue weighted by Gasteiger charge is -2.23. The van der Waals surface area contributed by atoms with Gasteiger partial charge in [-0.3, -0.25) is 0 Å². The molecule has 0 saturated carbocycles. The highest BCUT2D eigenvalue weighted by Crippen LogP contribution is 2.24. The van der Waals surface area contributed by atoms with Gasteiger partial charge in [-0.05, 0) is 30.2 Å². The van der Waals surface area contributed by atoms with Gasteiger partial charge in [0.25, 0.3) is 0 Å². The molecule has 0 aliphatic carbocycles. The maximum atomic E-state index is 5.96. The van der Waals surface area contributed by atoms with Crippen LogP contribution in [0.4, 0.5) is 5.82 Å². The summed E-state index contributed by atoms with van der Waals surface area (Å²) in [6.07, 6.45) is 3.92. The lowest BCUT2D eigenvalue weighted by molar-refractivity contribution is 0.682. The van der Waals surface area contributed by atoms with E-state index in [2.05, 4.69) is 15.3 Å². The van der Waals surface area contributed by atoms with Crippen LogP contribution < -0.4 is 5.32 Å². The number of nitrogens with one attached hydrogen (secondary N) is 1. The number of aromatic nitrogens is 2. The Hall–Kier alpha value is -0.190. The van der Waals surface area contributed by atoms with Crippen molar-refractivity contribution in [3.8, 4) is 0 Å². The van der Waals surface area contributed by atoms with Crippen LogP contribution >= 0.6 is 35.0 Å². The monoisotopic (exact) mass is 263 g/mol. The number of anilines is 1. The minimum atomic E-state index is 0.227. The zero-order chi connectivity index (χ0) is 10.7. The summed E-state index contributed by atoms with van der Waals surface area (Å²) in [6, 6.07) is 0.437. The Labute approximate surface area is 103 Å². The van der Waals surface area contributed by atoms with E-state index in [9.17, 15) is 0 Å². The van der Waals surface area contributed by atoms with Gasteiger partial charge in [-0.25, -0.2) is 4.98 Å². The molecule has 1 aliphatic rings. The van der Waals surface area contributed by atoms with E-state index in [1.165, 1.54) is 18.4 Å². The van der Waals surface area contributed by atoms with Crippen molar-refractivity contribution in [3.63, 3.8) is 0 Å². The summed E-state index contributed by atoms with van der Waals surface area (Å²) in [6.45, 7) is 0. The third kappa shape index (κ3) is 3.13. The molecule has 0 spiro atoms. The average molecular weight is 264 g/mol. The van der Waals surface area contributed by atoms with Crippen LogP contribution in [-0.4, -0.2) is 27.5 Å². The zero-order valence-corrected chi connectivity index (χ0v) is 10.4. The van der Waals surface area contributed by atoms with Crippen LogP contribution in [-0.2, 0) is 0 Å². The molecule has 1 aliphatic heterocycles. The van der Waals surface area contributed by atoms with Crippen LogP contribution in [0.25, 0.3) is 0 Å². The minimum Gasteiger partial charge on any atom is -0.365 e. The van der Waals surface area contributed by atoms with Crippen LogP contribution in [0.15, 0.2) is 6.20 Å². The van der Waals surface area contributed by atoms with E-state index in [0.717, 1.165) is 12.2 Å². The molecule has 1 aromatic heterocycles. The largest absolute Gasteiger partial charge is 0.365 e. The van der Waals surface area contributed by atoms with E-state index < -0.39 is 0 Å². The van der Waals surface area contributed by atoms with Crippen molar-refractivity contribution in [1.29, 1.82) is 0 Å². The number of hydrogen-bond acceptors (Lipinski definition) is 4. The Morgan fingerprint density at radius 1 is 1.47 bits per heavy atom. The molecule has 1 saturated heterocycles. The van der Waals surface area contributed by atoms with Gasteiger partial charge in [-0.1, -0.05) is 11.6 Å². The minimum absolute atomic E-state index is 0.227. The number of hydrogen-bond donors (Lipinski definition) is 1. The Balaban J connectivity index is 2.05. The summed E-state index contributed by atoms with van der Waals surface area (Å²) >= 11 is 13.6. The van der Waals surface area contributed by atoms with Crippen molar-refractivity contribution < 1.29 is 0 Å². The third-order valence-corrected chi connectivity index (χ3v) is 3.89. The molecule has 82 valence electrons. The second kappa shape index (κ2) is 5.23. The lowest BCUT2D eigenvalue weighted by Crippen LogP contribution is -2.26. The molecule has 1 N–H and O–H groups in total. The molecule has 0 radical (unpaired) electrons. The molecule has 1 atom stereocenters. The number of rotatable bonds is 2. The molecule has 2 rings (SSSR count). The number of thioether (sulfide) groups is 1. The molecule has 1 unspecified atom stereocenters. The molecular formula is C9H11Cl2N3S. The van der Waals surface area contributed by atoms with Crippen molar-refractivity contribution in [2.75, 3.05) is 16.8 Å². The molecule has 1 fully saturated rings. The van der Waals surface area contributed by atoms with Crippen LogP contribution in [0.2, 0.25) is 10.3 Å². The quantitative estimate of drug-likeness (QED) is 0.833. The predicted octanol–water partition coefficient (Wildman–Crippen LogP) is 3.09. The first-order valence-corrected chi connectivity index (χ1v) is 6.69. The summed E-state index contributed by atoms with van der Waals surface area (Å²) < 4.78 is 0. The molecule has 3 nitrogen and oxygen atoms in total. The van der Waals surface area contributed by atoms with Crippen molar-refractivity contribution in [2.45, 2.75) is 18.9 Å². The van der Waals surface area contributed by atoms with Crippen molar-refractivity contribution >= 4 is 40.8 Å². The summed E-state index contributed by atoms with van der Waals surface area (Å²) in [5.74, 6) is 2.98. The Kier molecular flexibility index (Phi) is 3.94. The fourth-order valence-electron chi connectivity index (χ4n) is 1.49. The first-order valence-electron chi connectivity index (χ1n) is 4.78.